The van der Waals surface area contributed by atoms with Gasteiger partial charge >= 0.3 is 0 Å². The van der Waals surface area contributed by atoms with E-state index in [4.69, 9.17) is 11.5 Å². The van der Waals surface area contributed by atoms with E-state index in [1.54, 1.807) is 0 Å². The molecule has 5 N–H and O–H groups in total. The van der Waals surface area contributed by atoms with Crippen LogP contribution in [0.25, 0.3) is 0 Å². The van der Waals surface area contributed by atoms with Crippen LogP contribution in [0.15, 0.2) is 0 Å². The first-order valence-corrected chi connectivity index (χ1v) is 9.23. The molecule has 0 heterocycles. The molecule has 3 saturated carbocycles. The number of carbonyl (C=O) groups excluding carboxylic acids is 4. The van der Waals surface area contributed by atoms with Gasteiger partial charge in [-0.15, -0.1) is 0 Å². The Labute approximate surface area is 155 Å². The normalized spacial score (nSPS) is 30.2. The summed E-state index contributed by atoms with van der Waals surface area (Å²) in [6.07, 6.45) is 3.11. The summed E-state index contributed by atoms with van der Waals surface area (Å²) < 4.78 is 28.4. The van der Waals surface area contributed by atoms with Crippen molar-refractivity contribution in [3.05, 3.63) is 0 Å². The second-order valence-electron chi connectivity index (χ2n) is 8.76. The molecule has 7 nitrogen and oxygen atoms in total. The number of hydrogen-bond acceptors (Lipinski definition) is 4. The predicted molar refractivity (Wildman–Crippen MR) is 90.2 cm³/mol. The van der Waals surface area contributed by atoms with Gasteiger partial charge in [0.25, 0.3) is 11.8 Å². The second kappa shape index (κ2) is 5.97. The maximum atomic E-state index is 14.2. The van der Waals surface area contributed by atoms with Gasteiger partial charge in [-0.2, -0.15) is 0 Å². The first-order chi connectivity index (χ1) is 12.4. The van der Waals surface area contributed by atoms with Gasteiger partial charge in [0, 0.05) is 6.42 Å². The van der Waals surface area contributed by atoms with Crippen LogP contribution in [-0.2, 0) is 19.2 Å². The predicted octanol–water partition coefficient (Wildman–Crippen LogP) is 0.787. The van der Waals surface area contributed by atoms with E-state index in [0.717, 1.165) is 25.7 Å². The summed E-state index contributed by atoms with van der Waals surface area (Å²) in [4.78, 5) is 48.2. The number of hydrogen-bond donors (Lipinski definition) is 3. The van der Waals surface area contributed by atoms with Gasteiger partial charge in [-0.1, -0.05) is 19.8 Å². The molecule has 3 rings (SSSR count). The molecule has 0 saturated heterocycles. The van der Waals surface area contributed by atoms with Gasteiger partial charge in [0.05, 0.1) is 5.92 Å². The molecule has 2 atom stereocenters. The van der Waals surface area contributed by atoms with Crippen molar-refractivity contribution in [2.45, 2.75) is 69.8 Å². The van der Waals surface area contributed by atoms with Gasteiger partial charge < -0.3 is 16.8 Å². The van der Waals surface area contributed by atoms with Crippen LogP contribution < -0.4 is 16.8 Å². The van der Waals surface area contributed by atoms with Crippen LogP contribution in [0, 0.1) is 16.7 Å². The van der Waals surface area contributed by atoms with E-state index in [1.165, 1.54) is 0 Å². The van der Waals surface area contributed by atoms with Crippen LogP contribution in [0.2, 0.25) is 0 Å². The summed E-state index contributed by atoms with van der Waals surface area (Å²) in [5, 5.41) is 2.45. The summed E-state index contributed by atoms with van der Waals surface area (Å²) in [5.41, 5.74) is 6.31. The fourth-order valence-electron chi connectivity index (χ4n) is 4.63. The van der Waals surface area contributed by atoms with Crippen LogP contribution >= 0.6 is 0 Å². The van der Waals surface area contributed by atoms with E-state index >= 15 is 0 Å². The van der Waals surface area contributed by atoms with Crippen molar-refractivity contribution in [3.8, 4) is 0 Å². The maximum Gasteiger partial charge on any atom is 0.287 e. The Kier molecular flexibility index (Phi) is 4.35. The topological polar surface area (TPSA) is 132 Å². The number of ketones is 1. The third-order valence-electron chi connectivity index (χ3n) is 6.66. The minimum atomic E-state index is -3.36. The zero-order chi connectivity index (χ0) is 20.3. The molecule has 0 radical (unpaired) electrons. The third-order valence-corrected chi connectivity index (χ3v) is 6.66. The first kappa shape index (κ1) is 19.7. The number of rotatable bonds is 8. The standard InChI is InChI=1S/C18H25F2N3O4/c1-15(4-2-3-5-15)8-10(17(14(22)27)9-18(17,19)20)13(26)23-16(6-7-16)11(24)12(21)25/h10H,2-9H2,1H3,(H2,21,25)(H2,22,27)(H,23,26)/t10-,17?/m1/s1. The summed E-state index contributed by atoms with van der Waals surface area (Å²) in [6.45, 7) is 1.91. The van der Waals surface area contributed by atoms with Gasteiger partial charge in [-0.05, 0) is 37.5 Å². The Morgan fingerprint density at radius 3 is 1.93 bits per heavy atom. The smallest absolute Gasteiger partial charge is 0.287 e. The van der Waals surface area contributed by atoms with E-state index in [9.17, 15) is 28.0 Å². The molecule has 1 unspecified atom stereocenters. The van der Waals surface area contributed by atoms with Crippen molar-refractivity contribution >= 4 is 23.5 Å². The average molecular weight is 385 g/mol. The van der Waals surface area contributed by atoms with Gasteiger partial charge in [0.1, 0.15) is 11.0 Å². The lowest BCUT2D eigenvalue weighted by molar-refractivity contribution is -0.144. The Bertz CT molecular complexity index is 713. The molecule has 3 aliphatic rings. The maximum absolute atomic E-state index is 14.2. The van der Waals surface area contributed by atoms with Gasteiger partial charge in [0.15, 0.2) is 0 Å². The third kappa shape index (κ3) is 3.10. The van der Waals surface area contributed by atoms with Gasteiger partial charge in [0.2, 0.25) is 17.6 Å². The highest BCUT2D eigenvalue weighted by Gasteiger charge is 2.80. The molecular weight excluding hydrogens is 360 g/mol. The molecular formula is C18H25F2N3O4. The summed E-state index contributed by atoms with van der Waals surface area (Å²) in [6, 6.07) is 0. The quantitative estimate of drug-likeness (QED) is 0.533. The fourth-order valence-corrected chi connectivity index (χ4v) is 4.63. The lowest BCUT2D eigenvalue weighted by Gasteiger charge is -2.33. The van der Waals surface area contributed by atoms with Crippen LogP contribution in [0.4, 0.5) is 8.78 Å². The monoisotopic (exact) mass is 385 g/mol. The molecule has 0 aromatic rings. The van der Waals surface area contributed by atoms with Gasteiger partial charge in [-0.25, -0.2) is 8.78 Å². The average Bonchev–Trinajstić information content (AvgIpc) is 3.40. The van der Waals surface area contributed by atoms with Crippen LogP contribution in [0.5, 0.6) is 0 Å². The molecule has 150 valence electrons. The Balaban J connectivity index is 1.88. The number of nitrogens with two attached hydrogens (primary N) is 2. The minimum Gasteiger partial charge on any atom is -0.369 e. The summed E-state index contributed by atoms with van der Waals surface area (Å²) >= 11 is 0. The zero-order valence-electron chi connectivity index (χ0n) is 15.3. The van der Waals surface area contributed by atoms with E-state index in [-0.39, 0.29) is 24.7 Å². The Morgan fingerprint density at radius 1 is 1.04 bits per heavy atom. The minimum absolute atomic E-state index is 0.0816. The first-order valence-electron chi connectivity index (χ1n) is 9.23. The van der Waals surface area contributed by atoms with Crippen LogP contribution in [-0.4, -0.2) is 35.0 Å². The lowest BCUT2D eigenvalue weighted by Crippen LogP contribution is -2.53. The summed E-state index contributed by atoms with van der Waals surface area (Å²) in [7, 11) is 0. The molecule has 0 bridgehead atoms. The highest BCUT2D eigenvalue weighted by atomic mass is 19.3. The number of nitrogens with one attached hydrogen (secondary N) is 1. The van der Waals surface area contributed by atoms with Crippen molar-refractivity contribution in [1.29, 1.82) is 0 Å². The van der Waals surface area contributed by atoms with Crippen LogP contribution in [0.1, 0.15) is 58.3 Å². The lowest BCUT2D eigenvalue weighted by atomic mass is 9.72. The van der Waals surface area contributed by atoms with Gasteiger partial charge in [-0.3, -0.25) is 19.2 Å². The number of alkyl halides is 2. The fraction of sp³-hybridized carbons (Fsp3) is 0.778. The number of primary amides is 2. The Hall–Kier alpha value is -2.06. The Morgan fingerprint density at radius 2 is 1.56 bits per heavy atom. The molecule has 0 aromatic carbocycles. The number of amides is 3. The molecule has 3 amide bonds. The molecule has 27 heavy (non-hydrogen) atoms. The molecule has 9 heteroatoms. The van der Waals surface area contributed by atoms with Crippen molar-refractivity contribution in [2.75, 3.05) is 0 Å². The SMILES string of the molecule is CC1(C[C@H](C(=O)NC2(C(=O)C(N)=O)CC2)C2(C(N)=O)CC2(F)F)CCCC1. The second-order valence-corrected chi connectivity index (χ2v) is 8.76. The largest absolute Gasteiger partial charge is 0.369 e. The van der Waals surface area contributed by atoms with Crippen molar-refractivity contribution in [2.24, 2.45) is 28.2 Å². The van der Waals surface area contributed by atoms with E-state index in [1.807, 2.05) is 6.92 Å². The van der Waals surface area contributed by atoms with Crippen molar-refractivity contribution < 1.29 is 28.0 Å². The highest BCUT2D eigenvalue weighted by Crippen LogP contribution is 2.67. The highest BCUT2D eigenvalue weighted by molar-refractivity contribution is 6.40. The van der Waals surface area contributed by atoms with Crippen molar-refractivity contribution in [1.82, 2.24) is 5.32 Å². The summed E-state index contributed by atoms with van der Waals surface area (Å²) in [5.74, 6) is -8.89. The van der Waals surface area contributed by atoms with Crippen molar-refractivity contribution in [3.63, 3.8) is 0 Å². The molecule has 0 aromatic heterocycles. The molecule has 3 fully saturated rings. The van der Waals surface area contributed by atoms with E-state index in [2.05, 4.69) is 5.32 Å². The van der Waals surface area contributed by atoms with E-state index in [0.29, 0.717) is 0 Å². The molecule has 3 aliphatic carbocycles. The van der Waals surface area contributed by atoms with E-state index < -0.39 is 52.7 Å². The van der Waals surface area contributed by atoms with Crippen LogP contribution in [0.3, 0.4) is 0 Å². The molecule has 0 spiro atoms. The number of carbonyl (C=O) groups is 4. The number of Topliss-reactive ketones (excluding diaryl/α,β-unsaturated/α-hetero) is 1. The number of halogens is 2. The molecule has 0 aliphatic heterocycles. The zero-order valence-corrected chi connectivity index (χ0v) is 15.3.